The molecule has 0 fully saturated rings. The van der Waals surface area contributed by atoms with Gasteiger partial charge in [-0.3, -0.25) is 9.69 Å². The molecule has 0 bridgehead atoms. The van der Waals surface area contributed by atoms with Crippen LogP contribution in [-0.2, 0) is 0 Å². The number of hydrogen-bond donors (Lipinski definition) is 0. The molecule has 0 aliphatic heterocycles. The molecule has 2 aromatic heterocycles. The van der Waals surface area contributed by atoms with Crippen LogP contribution in [0.2, 0.25) is 0 Å². The monoisotopic (exact) mass is 467 g/mol. The van der Waals surface area contributed by atoms with Gasteiger partial charge in [-0.15, -0.1) is 12.4 Å². The summed E-state index contributed by atoms with van der Waals surface area (Å²) in [6.45, 7) is 11.0. The van der Waals surface area contributed by atoms with E-state index in [2.05, 4.69) is 18.7 Å². The van der Waals surface area contributed by atoms with Crippen molar-refractivity contribution in [2.45, 2.75) is 27.7 Å². The van der Waals surface area contributed by atoms with E-state index in [1.165, 1.54) is 11.3 Å². The largest absolute Gasteiger partial charge is 0.495 e. The number of thiazole rings is 1. The summed E-state index contributed by atoms with van der Waals surface area (Å²) in [5.41, 5.74) is 1.25. The molecule has 0 aliphatic rings. The number of benzene rings is 1. The van der Waals surface area contributed by atoms with Gasteiger partial charge in [0.15, 0.2) is 5.13 Å². The molecule has 3 rings (SSSR count). The average Bonchev–Trinajstić information content (AvgIpc) is 3.33. The predicted octanol–water partition coefficient (Wildman–Crippen LogP) is 4.93. The molecule has 170 valence electrons. The summed E-state index contributed by atoms with van der Waals surface area (Å²) in [4.78, 5) is 22.3. The minimum atomic E-state index is -0.117. The number of halogens is 1. The molecule has 0 saturated heterocycles. The van der Waals surface area contributed by atoms with E-state index in [-0.39, 0.29) is 18.3 Å². The van der Waals surface area contributed by atoms with Crippen molar-refractivity contribution >= 4 is 45.0 Å². The van der Waals surface area contributed by atoms with E-state index in [1.54, 1.807) is 25.2 Å². The quantitative estimate of drug-likeness (QED) is 0.444. The number of rotatable bonds is 9. The molecule has 1 amide bonds. The molecule has 0 saturated carbocycles. The maximum atomic E-state index is 13.5. The normalized spacial score (nSPS) is 10.9. The standard InChI is InChI=1S/C22H29N3O4S.ClH/c1-7-24(8-2)11-12-25(21(26)16-13-14(3)29-15(16)4)22-23-19-17(27-5)9-10-18(28-6)20(19)30-22;/h9-10,13H,7-8,11-12H2,1-6H3;1H. The van der Waals surface area contributed by atoms with Crippen molar-refractivity contribution in [2.75, 3.05) is 45.3 Å². The number of ether oxygens (including phenoxy) is 2. The lowest BCUT2D eigenvalue weighted by Crippen LogP contribution is -2.39. The number of amides is 1. The number of anilines is 1. The number of aryl methyl sites for hydroxylation is 2. The highest BCUT2D eigenvalue weighted by Crippen LogP contribution is 2.40. The first kappa shape index (κ1) is 25.0. The van der Waals surface area contributed by atoms with Crippen LogP contribution in [0.4, 0.5) is 5.13 Å². The van der Waals surface area contributed by atoms with Crippen LogP contribution in [0.5, 0.6) is 11.5 Å². The number of nitrogens with zero attached hydrogens (tertiary/aromatic N) is 3. The minimum Gasteiger partial charge on any atom is -0.495 e. The molecular weight excluding hydrogens is 438 g/mol. The lowest BCUT2D eigenvalue weighted by Gasteiger charge is -2.24. The number of hydrogen-bond acceptors (Lipinski definition) is 7. The first-order chi connectivity index (χ1) is 14.4. The summed E-state index contributed by atoms with van der Waals surface area (Å²) in [6.07, 6.45) is 0. The zero-order chi connectivity index (χ0) is 21.8. The Balaban J connectivity index is 0.00000341. The van der Waals surface area contributed by atoms with E-state index >= 15 is 0 Å². The third-order valence-electron chi connectivity index (χ3n) is 5.18. The fraction of sp³-hybridized carbons (Fsp3) is 0.455. The molecule has 3 aromatic rings. The first-order valence-corrected chi connectivity index (χ1v) is 10.9. The van der Waals surface area contributed by atoms with Crippen molar-refractivity contribution < 1.29 is 18.7 Å². The topological polar surface area (TPSA) is 68.0 Å². The fourth-order valence-electron chi connectivity index (χ4n) is 3.44. The van der Waals surface area contributed by atoms with Gasteiger partial charge in [-0.25, -0.2) is 4.98 Å². The number of carbonyl (C=O) groups excluding carboxylic acids is 1. The number of carbonyl (C=O) groups is 1. The van der Waals surface area contributed by atoms with E-state index in [0.29, 0.717) is 45.8 Å². The van der Waals surface area contributed by atoms with Gasteiger partial charge in [0.2, 0.25) is 0 Å². The maximum Gasteiger partial charge on any atom is 0.263 e. The van der Waals surface area contributed by atoms with Crippen LogP contribution >= 0.6 is 23.7 Å². The lowest BCUT2D eigenvalue weighted by molar-refractivity contribution is 0.0982. The van der Waals surface area contributed by atoms with Crippen molar-refractivity contribution in [3.63, 3.8) is 0 Å². The Morgan fingerprint density at radius 2 is 1.74 bits per heavy atom. The molecular formula is C22H30ClN3O4S. The molecule has 0 spiro atoms. The smallest absolute Gasteiger partial charge is 0.263 e. The van der Waals surface area contributed by atoms with Crippen molar-refractivity contribution in [1.82, 2.24) is 9.88 Å². The Kier molecular flexibility index (Phi) is 8.73. The summed E-state index contributed by atoms with van der Waals surface area (Å²) in [5, 5.41) is 0.614. The second kappa shape index (κ2) is 10.8. The maximum absolute atomic E-state index is 13.5. The molecule has 1 aromatic carbocycles. The van der Waals surface area contributed by atoms with Crippen molar-refractivity contribution in [3.8, 4) is 11.5 Å². The number of fused-ring (bicyclic) bond motifs is 1. The van der Waals surface area contributed by atoms with E-state index < -0.39 is 0 Å². The summed E-state index contributed by atoms with van der Waals surface area (Å²) < 4.78 is 17.5. The minimum absolute atomic E-state index is 0. The van der Waals surface area contributed by atoms with Gasteiger partial charge in [0.1, 0.15) is 33.2 Å². The second-order valence-electron chi connectivity index (χ2n) is 6.95. The number of likely N-dealkylation sites (N-methyl/N-ethyl adjacent to an activating group) is 1. The summed E-state index contributed by atoms with van der Waals surface area (Å²) in [6, 6.07) is 5.47. The third-order valence-corrected chi connectivity index (χ3v) is 6.27. The zero-order valence-electron chi connectivity index (χ0n) is 18.9. The highest BCUT2D eigenvalue weighted by molar-refractivity contribution is 7.22. The van der Waals surface area contributed by atoms with Crippen molar-refractivity contribution in [2.24, 2.45) is 0 Å². The van der Waals surface area contributed by atoms with E-state index in [4.69, 9.17) is 18.9 Å². The van der Waals surface area contributed by atoms with Crippen molar-refractivity contribution in [1.29, 1.82) is 0 Å². The van der Waals surface area contributed by atoms with Crippen LogP contribution in [0.15, 0.2) is 22.6 Å². The molecule has 0 unspecified atom stereocenters. The Bertz CT molecular complexity index is 988. The summed E-state index contributed by atoms with van der Waals surface area (Å²) in [5.74, 6) is 2.57. The Hall–Kier alpha value is -2.29. The van der Waals surface area contributed by atoms with E-state index in [0.717, 1.165) is 24.3 Å². The molecule has 0 atom stereocenters. The van der Waals surface area contributed by atoms with Crippen molar-refractivity contribution in [3.05, 3.63) is 35.3 Å². The van der Waals surface area contributed by atoms with Crippen LogP contribution in [0.1, 0.15) is 35.7 Å². The molecule has 9 heteroatoms. The number of methoxy groups -OCH3 is 2. The fourth-order valence-corrected chi connectivity index (χ4v) is 4.54. The Morgan fingerprint density at radius 1 is 1.10 bits per heavy atom. The third kappa shape index (κ3) is 5.14. The van der Waals surface area contributed by atoms with Gasteiger partial charge < -0.3 is 18.8 Å². The molecule has 7 nitrogen and oxygen atoms in total. The van der Waals surface area contributed by atoms with Crippen LogP contribution < -0.4 is 14.4 Å². The predicted molar refractivity (Wildman–Crippen MR) is 128 cm³/mol. The van der Waals surface area contributed by atoms with Gasteiger partial charge in [0.25, 0.3) is 5.91 Å². The van der Waals surface area contributed by atoms with E-state index in [9.17, 15) is 4.79 Å². The second-order valence-corrected chi connectivity index (χ2v) is 7.93. The Labute approximate surface area is 193 Å². The van der Waals surface area contributed by atoms with Gasteiger partial charge in [-0.05, 0) is 45.1 Å². The molecule has 2 heterocycles. The van der Waals surface area contributed by atoms with Gasteiger partial charge in [-0.2, -0.15) is 0 Å². The van der Waals surface area contributed by atoms with Crippen LogP contribution in [0.25, 0.3) is 10.2 Å². The highest BCUT2D eigenvalue weighted by atomic mass is 35.5. The summed E-state index contributed by atoms with van der Waals surface area (Å²) in [7, 11) is 3.24. The van der Waals surface area contributed by atoms with Gasteiger partial charge in [0.05, 0.1) is 19.8 Å². The van der Waals surface area contributed by atoms with Crippen LogP contribution in [0.3, 0.4) is 0 Å². The molecule has 0 radical (unpaired) electrons. The van der Waals surface area contributed by atoms with Crippen LogP contribution in [0, 0.1) is 13.8 Å². The molecule has 31 heavy (non-hydrogen) atoms. The zero-order valence-corrected chi connectivity index (χ0v) is 20.5. The van der Waals surface area contributed by atoms with Gasteiger partial charge >= 0.3 is 0 Å². The number of aromatic nitrogens is 1. The first-order valence-electron chi connectivity index (χ1n) is 10.1. The van der Waals surface area contributed by atoms with Crippen LogP contribution in [-0.4, -0.2) is 56.2 Å². The number of furan rings is 1. The van der Waals surface area contributed by atoms with Gasteiger partial charge in [0, 0.05) is 13.1 Å². The average molecular weight is 468 g/mol. The highest BCUT2D eigenvalue weighted by Gasteiger charge is 2.26. The SMILES string of the molecule is CCN(CC)CCN(C(=O)c1cc(C)oc1C)c1nc2c(OC)ccc(OC)c2s1.Cl. The lowest BCUT2D eigenvalue weighted by atomic mass is 10.2. The van der Waals surface area contributed by atoms with E-state index in [1.807, 2.05) is 26.0 Å². The molecule has 0 aliphatic carbocycles. The molecule has 0 N–H and O–H groups in total. The summed E-state index contributed by atoms with van der Waals surface area (Å²) >= 11 is 1.43. The Morgan fingerprint density at radius 3 is 2.29 bits per heavy atom. The van der Waals surface area contributed by atoms with Gasteiger partial charge in [-0.1, -0.05) is 25.2 Å².